The van der Waals surface area contributed by atoms with Gasteiger partial charge in [-0.1, -0.05) is 40.0 Å². The maximum Gasteiger partial charge on any atom is 0.360 e. The summed E-state index contributed by atoms with van der Waals surface area (Å²) >= 11 is 17.0. The second-order valence-corrected chi connectivity index (χ2v) is 6.06. The maximum atomic E-state index is 11.4. The van der Waals surface area contributed by atoms with Crippen molar-refractivity contribution in [3.05, 3.63) is 11.1 Å². The van der Waals surface area contributed by atoms with Crippen molar-refractivity contribution < 1.29 is 19.5 Å². The summed E-state index contributed by atoms with van der Waals surface area (Å²) in [5.41, 5.74) is -0.396. The first-order valence-corrected chi connectivity index (χ1v) is 6.45. The summed E-state index contributed by atoms with van der Waals surface area (Å²) in [6.07, 6.45) is 0. The number of carboxylic acids is 1. The van der Waals surface area contributed by atoms with Gasteiger partial charge in [0.25, 0.3) is 9.70 Å². The van der Waals surface area contributed by atoms with Crippen LogP contribution in [-0.4, -0.2) is 38.6 Å². The summed E-state index contributed by atoms with van der Waals surface area (Å²) in [6, 6.07) is 0. The molecule has 7 nitrogen and oxygen atoms in total. The number of carbonyl (C=O) groups excluding carboxylic acids is 1. The second kappa shape index (κ2) is 6.38. The fraction of sp³-hybridized carbons (Fsp3) is 0.250. The van der Waals surface area contributed by atoms with Crippen LogP contribution in [0.15, 0.2) is 10.5 Å². The van der Waals surface area contributed by atoms with E-state index in [-0.39, 0.29) is 10.8 Å². The first-order valence-electron chi connectivity index (χ1n) is 4.44. The third kappa shape index (κ3) is 4.50. The molecule has 2 N–H and O–H groups in total. The minimum Gasteiger partial charge on any atom is -0.476 e. The smallest absolute Gasteiger partial charge is 0.360 e. The molecular formula is C8H6Cl3N3O4S. The molecule has 1 heterocycles. The van der Waals surface area contributed by atoms with Crippen molar-refractivity contribution in [3.8, 4) is 0 Å². The minimum atomic E-state index is -2.14. The Morgan fingerprint density at radius 1 is 1.53 bits per heavy atom. The van der Waals surface area contributed by atoms with E-state index < -0.39 is 21.4 Å². The molecule has 0 fully saturated rings. The standard InChI is InChI=1S/C8H6Cl3N3O4S/c1-18-14-4(5(15)16)3-2-19-7(12-3)13-6(17)8(9,10)11/h2H,1H3,(H,15,16)(H,12,13,17). The zero-order valence-corrected chi connectivity index (χ0v) is 12.3. The summed E-state index contributed by atoms with van der Waals surface area (Å²) in [5.74, 6) is -2.23. The summed E-state index contributed by atoms with van der Waals surface area (Å²) in [7, 11) is 1.20. The van der Waals surface area contributed by atoms with Crippen molar-refractivity contribution in [2.24, 2.45) is 5.16 Å². The first kappa shape index (κ1) is 16.0. The highest BCUT2D eigenvalue weighted by molar-refractivity contribution is 7.14. The molecule has 1 rings (SSSR count). The molecular weight excluding hydrogens is 341 g/mol. The van der Waals surface area contributed by atoms with Gasteiger partial charge in [-0.05, 0) is 0 Å². The molecule has 0 atom stereocenters. The van der Waals surface area contributed by atoms with Crippen molar-refractivity contribution in [1.29, 1.82) is 0 Å². The van der Waals surface area contributed by atoms with Crippen LogP contribution >= 0.6 is 46.1 Å². The Balaban J connectivity index is 2.91. The van der Waals surface area contributed by atoms with Crippen LogP contribution in [0.4, 0.5) is 5.13 Å². The number of hydrogen-bond acceptors (Lipinski definition) is 6. The molecule has 104 valence electrons. The molecule has 0 bridgehead atoms. The number of aliphatic carboxylic acids is 1. The zero-order valence-electron chi connectivity index (χ0n) is 9.19. The highest BCUT2D eigenvalue weighted by Crippen LogP contribution is 2.28. The van der Waals surface area contributed by atoms with E-state index in [1.165, 1.54) is 12.5 Å². The van der Waals surface area contributed by atoms with Crippen LogP contribution in [-0.2, 0) is 14.4 Å². The number of carboxylic acid groups (broad SMARTS) is 1. The third-order valence-electron chi connectivity index (χ3n) is 1.61. The molecule has 19 heavy (non-hydrogen) atoms. The number of hydrogen-bond donors (Lipinski definition) is 2. The monoisotopic (exact) mass is 345 g/mol. The number of aromatic nitrogens is 1. The summed E-state index contributed by atoms with van der Waals surface area (Å²) in [4.78, 5) is 30.5. The third-order valence-corrected chi connectivity index (χ3v) is 2.88. The molecule has 11 heteroatoms. The van der Waals surface area contributed by atoms with Crippen LogP contribution in [0.2, 0.25) is 0 Å². The maximum absolute atomic E-state index is 11.4. The Kier molecular flexibility index (Phi) is 5.36. The van der Waals surface area contributed by atoms with Gasteiger partial charge >= 0.3 is 5.97 Å². The topological polar surface area (TPSA) is 101 Å². The highest BCUT2D eigenvalue weighted by Gasteiger charge is 2.31. The quantitative estimate of drug-likeness (QED) is 0.492. The number of rotatable bonds is 4. The molecule has 1 amide bonds. The number of amides is 1. The number of nitrogens with zero attached hydrogens (tertiary/aromatic N) is 2. The molecule has 0 saturated carbocycles. The number of alkyl halides is 3. The highest BCUT2D eigenvalue weighted by atomic mass is 35.6. The van der Waals surface area contributed by atoms with Crippen LogP contribution in [0, 0.1) is 0 Å². The van der Waals surface area contributed by atoms with Gasteiger partial charge in [0.05, 0.1) is 0 Å². The molecule has 0 radical (unpaired) electrons. The van der Waals surface area contributed by atoms with Gasteiger partial charge in [-0.25, -0.2) is 9.78 Å². The molecule has 0 spiro atoms. The Labute approximate surface area is 126 Å². The molecule has 1 aromatic heterocycles. The van der Waals surface area contributed by atoms with Gasteiger partial charge in [0, 0.05) is 5.38 Å². The molecule has 0 aliphatic carbocycles. The summed E-state index contributed by atoms with van der Waals surface area (Å²) in [5, 5.41) is 15.8. The zero-order chi connectivity index (χ0) is 14.6. The lowest BCUT2D eigenvalue weighted by atomic mass is 10.3. The van der Waals surface area contributed by atoms with Crippen molar-refractivity contribution in [2.75, 3.05) is 12.4 Å². The van der Waals surface area contributed by atoms with E-state index in [2.05, 4.69) is 20.3 Å². The van der Waals surface area contributed by atoms with E-state index in [4.69, 9.17) is 39.9 Å². The predicted molar refractivity (Wildman–Crippen MR) is 72.2 cm³/mol. The number of thiazole rings is 1. The number of nitrogens with one attached hydrogen (secondary N) is 1. The van der Waals surface area contributed by atoms with Crippen molar-refractivity contribution in [1.82, 2.24) is 4.98 Å². The molecule has 0 unspecified atom stereocenters. The number of halogens is 3. The van der Waals surface area contributed by atoms with Gasteiger partial charge in [0.15, 0.2) is 5.13 Å². The van der Waals surface area contributed by atoms with Crippen LogP contribution in [0.5, 0.6) is 0 Å². The van der Waals surface area contributed by atoms with Crippen LogP contribution in [0.25, 0.3) is 0 Å². The minimum absolute atomic E-state index is 0.0129. The average Bonchev–Trinajstić information content (AvgIpc) is 2.72. The fourth-order valence-corrected chi connectivity index (χ4v) is 1.73. The second-order valence-electron chi connectivity index (χ2n) is 2.92. The van der Waals surface area contributed by atoms with Gasteiger partial charge in [-0.2, -0.15) is 0 Å². The van der Waals surface area contributed by atoms with E-state index in [1.54, 1.807) is 0 Å². The molecule has 0 saturated heterocycles. The van der Waals surface area contributed by atoms with Crippen molar-refractivity contribution in [2.45, 2.75) is 3.79 Å². The molecule has 0 aliphatic rings. The van der Waals surface area contributed by atoms with E-state index in [1.807, 2.05) is 0 Å². The van der Waals surface area contributed by atoms with Crippen molar-refractivity contribution in [3.63, 3.8) is 0 Å². The SMILES string of the molecule is CON=C(C(=O)O)c1csc(NC(=O)C(Cl)(Cl)Cl)n1. The summed E-state index contributed by atoms with van der Waals surface area (Å²) in [6.45, 7) is 0. The van der Waals surface area contributed by atoms with Crippen LogP contribution in [0.3, 0.4) is 0 Å². The van der Waals surface area contributed by atoms with E-state index in [9.17, 15) is 9.59 Å². The number of anilines is 1. The van der Waals surface area contributed by atoms with Gasteiger partial charge in [-0.3, -0.25) is 10.1 Å². The Hall–Kier alpha value is -1.09. The van der Waals surface area contributed by atoms with Crippen molar-refractivity contribution >= 4 is 68.9 Å². The summed E-state index contributed by atoms with van der Waals surface area (Å²) < 4.78 is -2.14. The predicted octanol–water partition coefficient (Wildman–Crippen LogP) is 1.89. The lowest BCUT2D eigenvalue weighted by Crippen LogP contribution is -2.27. The Morgan fingerprint density at radius 3 is 2.63 bits per heavy atom. The number of carbonyl (C=O) groups is 2. The van der Waals surface area contributed by atoms with Crippen LogP contribution in [0.1, 0.15) is 5.69 Å². The average molecular weight is 347 g/mol. The van der Waals surface area contributed by atoms with Gasteiger partial charge < -0.3 is 9.94 Å². The van der Waals surface area contributed by atoms with Gasteiger partial charge in [-0.15, -0.1) is 11.3 Å². The molecule has 0 aliphatic heterocycles. The Morgan fingerprint density at radius 2 is 2.16 bits per heavy atom. The van der Waals surface area contributed by atoms with E-state index in [0.717, 1.165) is 11.3 Å². The van der Waals surface area contributed by atoms with E-state index >= 15 is 0 Å². The van der Waals surface area contributed by atoms with Gasteiger partial charge in [0.1, 0.15) is 12.8 Å². The van der Waals surface area contributed by atoms with E-state index in [0.29, 0.717) is 0 Å². The molecule has 1 aromatic rings. The lowest BCUT2D eigenvalue weighted by molar-refractivity contribution is -0.129. The largest absolute Gasteiger partial charge is 0.476 e. The fourth-order valence-electron chi connectivity index (χ4n) is 0.895. The van der Waals surface area contributed by atoms with Gasteiger partial charge in [0.2, 0.25) is 5.71 Å². The lowest BCUT2D eigenvalue weighted by Gasteiger charge is -2.08. The normalized spacial score (nSPS) is 12.1. The molecule has 0 aromatic carbocycles. The Bertz CT molecular complexity index is 526. The van der Waals surface area contributed by atoms with Crippen LogP contribution < -0.4 is 5.32 Å². The first-order chi connectivity index (χ1) is 8.75. The number of oxime groups is 1.